The Kier molecular flexibility index (Phi) is 4.21. The number of nitrogens with one attached hydrogen (secondary N) is 1. The Balaban J connectivity index is 1.81. The van der Waals surface area contributed by atoms with Crippen LogP contribution in [0.4, 0.5) is 0 Å². The molecular formula is C13H17N5O3S2. The average molecular weight is 355 g/mol. The summed E-state index contributed by atoms with van der Waals surface area (Å²) in [5, 5.41) is 2.58. The number of sulfonamides is 1. The molecule has 1 atom stereocenters. The van der Waals surface area contributed by atoms with Crippen LogP contribution in [0.5, 0.6) is 0 Å². The van der Waals surface area contributed by atoms with Crippen LogP contribution >= 0.6 is 11.3 Å². The molecule has 2 aromatic heterocycles. The first kappa shape index (κ1) is 16.1. The lowest BCUT2D eigenvalue weighted by atomic mass is 10.1. The fraction of sp³-hybridized carbons (Fsp3) is 0.462. The zero-order valence-electron chi connectivity index (χ0n) is 12.8. The van der Waals surface area contributed by atoms with E-state index >= 15 is 0 Å². The summed E-state index contributed by atoms with van der Waals surface area (Å²) in [4.78, 5) is 22.6. The van der Waals surface area contributed by atoms with Crippen LogP contribution in [-0.4, -0.2) is 53.1 Å². The van der Waals surface area contributed by atoms with Gasteiger partial charge in [-0.05, 0) is 6.92 Å². The Morgan fingerprint density at radius 1 is 1.52 bits per heavy atom. The second kappa shape index (κ2) is 6.02. The van der Waals surface area contributed by atoms with Crippen LogP contribution in [0.15, 0.2) is 17.9 Å². The molecule has 3 rings (SSSR count). The molecule has 1 amide bonds. The maximum atomic E-state index is 12.6. The Morgan fingerprint density at radius 3 is 2.96 bits per heavy atom. The van der Waals surface area contributed by atoms with Gasteiger partial charge in [0.25, 0.3) is 5.91 Å². The number of aromatic nitrogens is 3. The Hall–Kier alpha value is -1.78. The van der Waals surface area contributed by atoms with Gasteiger partial charge in [0, 0.05) is 24.7 Å². The normalized spacial score (nSPS) is 18.0. The maximum Gasteiger partial charge on any atom is 0.273 e. The molecule has 0 radical (unpaired) electrons. The number of thiazole rings is 1. The zero-order chi connectivity index (χ0) is 16.6. The molecule has 2 aromatic rings. The van der Waals surface area contributed by atoms with E-state index in [1.807, 2.05) is 11.5 Å². The van der Waals surface area contributed by atoms with Crippen molar-refractivity contribution in [3.8, 4) is 0 Å². The number of hydrogen-bond donors (Lipinski definition) is 1. The fourth-order valence-corrected chi connectivity index (χ4v) is 3.66. The summed E-state index contributed by atoms with van der Waals surface area (Å²) in [7, 11) is -3.29. The number of fused-ring (bicyclic) bond motifs is 1. The second-order valence-electron chi connectivity index (χ2n) is 5.50. The summed E-state index contributed by atoms with van der Waals surface area (Å²) in [6.45, 7) is 2.90. The fourth-order valence-electron chi connectivity index (χ4n) is 2.57. The van der Waals surface area contributed by atoms with E-state index in [0.717, 1.165) is 17.0 Å². The van der Waals surface area contributed by atoms with Gasteiger partial charge in [0.2, 0.25) is 10.0 Å². The third-order valence-corrected chi connectivity index (χ3v) is 5.09. The quantitative estimate of drug-likeness (QED) is 0.856. The first-order valence-corrected chi connectivity index (χ1v) is 9.77. The van der Waals surface area contributed by atoms with Crippen LogP contribution in [-0.2, 0) is 16.6 Å². The molecule has 0 fully saturated rings. The molecule has 124 valence electrons. The number of rotatable bonds is 4. The van der Waals surface area contributed by atoms with Crippen molar-refractivity contribution in [1.82, 2.24) is 24.2 Å². The monoisotopic (exact) mass is 355 g/mol. The number of carbonyl (C=O) groups is 1. The predicted molar refractivity (Wildman–Crippen MR) is 85.7 cm³/mol. The molecule has 0 bridgehead atoms. The molecule has 0 unspecified atom stereocenters. The summed E-state index contributed by atoms with van der Waals surface area (Å²) in [6, 6.07) is -0.195. The van der Waals surface area contributed by atoms with E-state index in [1.165, 1.54) is 11.3 Å². The molecule has 0 saturated heterocycles. The molecule has 1 aliphatic heterocycles. The highest BCUT2D eigenvalue weighted by molar-refractivity contribution is 7.88. The average Bonchev–Trinajstić information content (AvgIpc) is 3.11. The standard InChI is InChI=1S/C13H17N5O3S2/c1-9-16-12(7-22-9)13(19)17-5-10-3-14-8-18(10)11(6-17)4-15-23(2,20)21/h3,7-8,11,15H,4-6H2,1-2H3/t11-/m0/s1. The van der Waals surface area contributed by atoms with Crippen molar-refractivity contribution in [2.24, 2.45) is 0 Å². The topological polar surface area (TPSA) is 97.2 Å². The number of nitrogens with zero attached hydrogens (tertiary/aromatic N) is 4. The molecule has 0 aromatic carbocycles. The van der Waals surface area contributed by atoms with Crippen molar-refractivity contribution in [2.45, 2.75) is 19.5 Å². The van der Waals surface area contributed by atoms with Crippen molar-refractivity contribution in [1.29, 1.82) is 0 Å². The lowest BCUT2D eigenvalue weighted by Crippen LogP contribution is -2.44. The molecule has 23 heavy (non-hydrogen) atoms. The van der Waals surface area contributed by atoms with Gasteiger partial charge in [-0.15, -0.1) is 11.3 Å². The van der Waals surface area contributed by atoms with E-state index in [9.17, 15) is 13.2 Å². The number of hydrogen-bond acceptors (Lipinski definition) is 6. The minimum Gasteiger partial charge on any atom is -0.329 e. The van der Waals surface area contributed by atoms with E-state index in [-0.39, 0.29) is 18.5 Å². The summed E-state index contributed by atoms with van der Waals surface area (Å²) >= 11 is 1.43. The zero-order valence-corrected chi connectivity index (χ0v) is 14.4. The van der Waals surface area contributed by atoms with E-state index < -0.39 is 10.0 Å². The van der Waals surface area contributed by atoms with Crippen LogP contribution < -0.4 is 4.72 Å². The highest BCUT2D eigenvalue weighted by atomic mass is 32.2. The summed E-state index contributed by atoms with van der Waals surface area (Å²) in [6.07, 6.45) is 4.48. The van der Waals surface area contributed by atoms with E-state index in [2.05, 4.69) is 14.7 Å². The third kappa shape index (κ3) is 3.59. The minimum absolute atomic E-state index is 0.147. The van der Waals surface area contributed by atoms with Gasteiger partial charge >= 0.3 is 0 Å². The highest BCUT2D eigenvalue weighted by Gasteiger charge is 2.29. The van der Waals surface area contributed by atoms with Crippen molar-refractivity contribution in [3.63, 3.8) is 0 Å². The predicted octanol–water partition coefficient (Wildman–Crippen LogP) is 0.394. The molecule has 1 aliphatic rings. The van der Waals surface area contributed by atoms with Crippen LogP contribution in [0.1, 0.15) is 27.2 Å². The molecule has 0 aliphatic carbocycles. The number of imidazole rings is 1. The first-order valence-electron chi connectivity index (χ1n) is 7.00. The Morgan fingerprint density at radius 2 is 2.30 bits per heavy atom. The van der Waals surface area contributed by atoms with Gasteiger partial charge in [-0.1, -0.05) is 0 Å². The van der Waals surface area contributed by atoms with Gasteiger partial charge in [-0.25, -0.2) is 23.1 Å². The van der Waals surface area contributed by atoms with Gasteiger partial charge in [-0.2, -0.15) is 0 Å². The number of carbonyl (C=O) groups excluding carboxylic acids is 1. The van der Waals surface area contributed by atoms with Crippen LogP contribution in [0.3, 0.4) is 0 Å². The molecule has 3 heterocycles. The molecule has 0 spiro atoms. The maximum absolute atomic E-state index is 12.6. The smallest absolute Gasteiger partial charge is 0.273 e. The summed E-state index contributed by atoms with van der Waals surface area (Å²) in [5.41, 5.74) is 1.30. The van der Waals surface area contributed by atoms with Gasteiger partial charge in [0.1, 0.15) is 5.69 Å². The third-order valence-electron chi connectivity index (χ3n) is 3.63. The lowest BCUT2D eigenvalue weighted by Gasteiger charge is -2.34. The molecule has 1 N–H and O–H groups in total. The van der Waals surface area contributed by atoms with Crippen molar-refractivity contribution in [2.75, 3.05) is 19.3 Å². The van der Waals surface area contributed by atoms with Gasteiger partial charge in [0.15, 0.2) is 0 Å². The van der Waals surface area contributed by atoms with Crippen molar-refractivity contribution in [3.05, 3.63) is 34.3 Å². The molecule has 8 nitrogen and oxygen atoms in total. The van der Waals surface area contributed by atoms with Crippen LogP contribution in [0.2, 0.25) is 0 Å². The van der Waals surface area contributed by atoms with E-state index in [1.54, 1.807) is 22.8 Å². The number of amides is 1. The van der Waals surface area contributed by atoms with Crippen molar-refractivity contribution < 1.29 is 13.2 Å². The molecule has 10 heteroatoms. The van der Waals surface area contributed by atoms with Crippen LogP contribution in [0.25, 0.3) is 0 Å². The SMILES string of the molecule is Cc1nc(C(=O)N2Cc3cncn3[C@@H](CNS(C)(=O)=O)C2)cs1. The Labute approximate surface area is 138 Å². The van der Waals surface area contributed by atoms with Crippen LogP contribution in [0, 0.1) is 6.92 Å². The summed E-state index contributed by atoms with van der Waals surface area (Å²) in [5.74, 6) is -0.147. The molecule has 0 saturated carbocycles. The second-order valence-corrected chi connectivity index (χ2v) is 8.40. The largest absolute Gasteiger partial charge is 0.329 e. The lowest BCUT2D eigenvalue weighted by molar-refractivity contribution is 0.0675. The highest BCUT2D eigenvalue weighted by Crippen LogP contribution is 2.22. The van der Waals surface area contributed by atoms with Gasteiger partial charge in [0.05, 0.1) is 35.9 Å². The van der Waals surface area contributed by atoms with Gasteiger partial charge in [-0.3, -0.25) is 4.79 Å². The van der Waals surface area contributed by atoms with Crippen molar-refractivity contribution >= 4 is 27.3 Å². The van der Waals surface area contributed by atoms with Gasteiger partial charge < -0.3 is 9.47 Å². The minimum atomic E-state index is -3.29. The number of aryl methyl sites for hydroxylation is 1. The molecular weight excluding hydrogens is 338 g/mol. The first-order chi connectivity index (χ1) is 10.8. The summed E-state index contributed by atoms with van der Waals surface area (Å²) < 4.78 is 27.1. The van der Waals surface area contributed by atoms with E-state index in [0.29, 0.717) is 18.8 Å². The Bertz CT molecular complexity index is 826. The van der Waals surface area contributed by atoms with E-state index in [4.69, 9.17) is 0 Å².